The van der Waals surface area contributed by atoms with E-state index in [1.807, 2.05) is 0 Å². The predicted octanol–water partition coefficient (Wildman–Crippen LogP) is 3.69. The zero-order valence-corrected chi connectivity index (χ0v) is 11.4. The highest BCUT2D eigenvalue weighted by atomic mass is 15.3. The molecule has 0 saturated carbocycles. The van der Waals surface area contributed by atoms with Crippen LogP contribution in [0.25, 0.3) is 0 Å². The number of hydrogen-bond acceptors (Lipinski definition) is 0. The highest BCUT2D eigenvalue weighted by Crippen LogP contribution is 2.22. The van der Waals surface area contributed by atoms with Gasteiger partial charge in [0.25, 0.3) is 0 Å². The number of quaternary nitrogens is 1. The summed E-state index contributed by atoms with van der Waals surface area (Å²) in [6.45, 7) is 12.9. The first-order valence-corrected chi connectivity index (χ1v) is 5.98. The van der Waals surface area contributed by atoms with Crippen LogP contribution in [0.1, 0.15) is 53.9 Å². The molecule has 0 fully saturated rings. The van der Waals surface area contributed by atoms with Gasteiger partial charge in [-0.15, -0.1) is 0 Å². The zero-order valence-electron chi connectivity index (χ0n) is 11.4. The van der Waals surface area contributed by atoms with Gasteiger partial charge in [0, 0.05) is 0 Å². The molecule has 1 nitrogen and oxygen atoms in total. The maximum absolute atomic E-state index is 2.34. The second kappa shape index (κ2) is 5.16. The third-order valence-electron chi connectivity index (χ3n) is 3.31. The van der Waals surface area contributed by atoms with Gasteiger partial charge in [0.1, 0.15) is 0 Å². The molecule has 0 aromatic rings. The molecular weight excluding hydrogens is 170 g/mol. The van der Waals surface area contributed by atoms with E-state index < -0.39 is 0 Å². The van der Waals surface area contributed by atoms with Crippen molar-refractivity contribution in [2.45, 2.75) is 59.9 Å². The van der Waals surface area contributed by atoms with Crippen LogP contribution in [-0.4, -0.2) is 31.2 Å². The minimum absolute atomic E-state index is 0.509. The van der Waals surface area contributed by atoms with Crippen LogP contribution in [0.3, 0.4) is 0 Å². The van der Waals surface area contributed by atoms with E-state index in [4.69, 9.17) is 0 Å². The summed E-state index contributed by atoms with van der Waals surface area (Å²) in [4.78, 5) is 0. The highest BCUT2D eigenvalue weighted by molar-refractivity contribution is 4.60. The fourth-order valence-electron chi connectivity index (χ4n) is 1.43. The van der Waals surface area contributed by atoms with Gasteiger partial charge < -0.3 is 4.48 Å². The summed E-state index contributed by atoms with van der Waals surface area (Å²) in [5.41, 5.74) is 0.509. The number of unbranched alkanes of at least 4 members (excludes halogenated alkanes) is 1. The molecule has 0 amide bonds. The number of rotatable bonds is 5. The van der Waals surface area contributed by atoms with Crippen molar-refractivity contribution in [1.29, 1.82) is 0 Å². The predicted molar refractivity (Wildman–Crippen MR) is 65.4 cm³/mol. The van der Waals surface area contributed by atoms with E-state index in [1.54, 1.807) is 0 Å². The standard InChI is InChI=1S/C13H30N/c1-12(2)14(6,7)11-9-8-10-13(3,4)5/h12H,8-11H2,1-7H3/q+1. The van der Waals surface area contributed by atoms with Crippen LogP contribution in [0.2, 0.25) is 0 Å². The lowest BCUT2D eigenvalue weighted by Crippen LogP contribution is -2.46. The van der Waals surface area contributed by atoms with Gasteiger partial charge in [-0.3, -0.25) is 0 Å². The van der Waals surface area contributed by atoms with Gasteiger partial charge in [0.15, 0.2) is 0 Å². The van der Waals surface area contributed by atoms with Gasteiger partial charge in [-0.2, -0.15) is 0 Å². The van der Waals surface area contributed by atoms with Gasteiger partial charge in [-0.25, -0.2) is 0 Å². The Kier molecular flexibility index (Phi) is 5.14. The van der Waals surface area contributed by atoms with Crippen LogP contribution in [-0.2, 0) is 0 Å². The summed E-state index contributed by atoms with van der Waals surface area (Å²) in [6.07, 6.45) is 4.09. The van der Waals surface area contributed by atoms with Crippen molar-refractivity contribution < 1.29 is 4.48 Å². The quantitative estimate of drug-likeness (QED) is 0.469. The normalized spacial score (nSPS) is 13.7. The van der Waals surface area contributed by atoms with Gasteiger partial charge >= 0.3 is 0 Å². The van der Waals surface area contributed by atoms with Crippen molar-refractivity contribution in [3.8, 4) is 0 Å². The molecule has 1 heteroatoms. The fourth-order valence-corrected chi connectivity index (χ4v) is 1.43. The SMILES string of the molecule is CC(C)[N+](C)(C)CCCCC(C)(C)C. The van der Waals surface area contributed by atoms with Gasteiger partial charge in [-0.05, 0) is 38.5 Å². The van der Waals surface area contributed by atoms with Crippen LogP contribution in [0.15, 0.2) is 0 Å². The second-order valence-electron chi connectivity index (χ2n) is 6.61. The fraction of sp³-hybridized carbons (Fsp3) is 1.00. The molecule has 0 heterocycles. The molecule has 0 unspecified atom stereocenters. The van der Waals surface area contributed by atoms with Gasteiger partial charge in [0.05, 0.1) is 26.7 Å². The summed E-state index contributed by atoms with van der Waals surface area (Å²) in [6, 6.07) is 0.740. The van der Waals surface area contributed by atoms with E-state index in [0.717, 1.165) is 10.5 Å². The molecule has 0 bridgehead atoms. The first kappa shape index (κ1) is 14.0. The molecule has 0 radical (unpaired) electrons. The van der Waals surface area contributed by atoms with Crippen molar-refractivity contribution >= 4 is 0 Å². The summed E-state index contributed by atoms with van der Waals surface area (Å²) in [5, 5.41) is 0. The van der Waals surface area contributed by atoms with Gasteiger partial charge in [0.2, 0.25) is 0 Å². The van der Waals surface area contributed by atoms with E-state index in [0.29, 0.717) is 5.41 Å². The van der Waals surface area contributed by atoms with Gasteiger partial charge in [-0.1, -0.05) is 20.8 Å². The topological polar surface area (TPSA) is 0 Å². The first-order chi connectivity index (χ1) is 6.15. The minimum Gasteiger partial charge on any atom is -0.327 e. The van der Waals surface area contributed by atoms with E-state index in [1.165, 1.54) is 25.8 Å². The molecule has 0 aliphatic rings. The van der Waals surface area contributed by atoms with E-state index in [-0.39, 0.29) is 0 Å². The third-order valence-corrected chi connectivity index (χ3v) is 3.31. The molecular formula is C13H30N+. The van der Waals surface area contributed by atoms with Crippen molar-refractivity contribution in [2.24, 2.45) is 5.41 Å². The molecule has 14 heavy (non-hydrogen) atoms. The Balaban J connectivity index is 3.65. The Morgan fingerprint density at radius 1 is 1.00 bits per heavy atom. The van der Waals surface area contributed by atoms with Crippen molar-refractivity contribution in [2.75, 3.05) is 20.6 Å². The lowest BCUT2D eigenvalue weighted by molar-refractivity contribution is -0.911. The Morgan fingerprint density at radius 2 is 1.50 bits per heavy atom. The zero-order chi connectivity index (χ0) is 11.4. The van der Waals surface area contributed by atoms with Crippen molar-refractivity contribution in [3.63, 3.8) is 0 Å². The Hall–Kier alpha value is -0.0400. The average Bonchev–Trinajstić information content (AvgIpc) is 1.96. The maximum atomic E-state index is 2.34. The summed E-state index contributed by atoms with van der Waals surface area (Å²) < 4.78 is 1.16. The summed E-state index contributed by atoms with van der Waals surface area (Å²) in [5.74, 6) is 0. The smallest absolute Gasteiger partial charge is 0.0829 e. The Morgan fingerprint density at radius 3 is 1.86 bits per heavy atom. The summed E-state index contributed by atoms with van der Waals surface area (Å²) >= 11 is 0. The largest absolute Gasteiger partial charge is 0.327 e. The monoisotopic (exact) mass is 200 g/mol. The van der Waals surface area contributed by atoms with E-state index in [2.05, 4.69) is 48.7 Å². The molecule has 0 N–H and O–H groups in total. The third kappa shape index (κ3) is 6.42. The molecule has 86 valence electrons. The average molecular weight is 200 g/mol. The molecule has 0 aromatic carbocycles. The molecule has 0 saturated heterocycles. The summed E-state index contributed by atoms with van der Waals surface area (Å²) in [7, 11) is 4.67. The molecule has 0 aromatic heterocycles. The number of hydrogen-bond donors (Lipinski definition) is 0. The minimum atomic E-state index is 0.509. The first-order valence-electron chi connectivity index (χ1n) is 5.98. The molecule has 0 rings (SSSR count). The van der Waals surface area contributed by atoms with Crippen molar-refractivity contribution in [1.82, 2.24) is 0 Å². The lowest BCUT2D eigenvalue weighted by Gasteiger charge is -2.34. The second-order valence-corrected chi connectivity index (χ2v) is 6.61. The van der Waals surface area contributed by atoms with E-state index in [9.17, 15) is 0 Å². The Labute approximate surface area is 91.1 Å². The highest BCUT2D eigenvalue weighted by Gasteiger charge is 2.19. The lowest BCUT2D eigenvalue weighted by atomic mass is 9.90. The van der Waals surface area contributed by atoms with Crippen LogP contribution < -0.4 is 0 Å². The number of nitrogens with zero attached hydrogens (tertiary/aromatic N) is 1. The molecule has 0 aliphatic carbocycles. The molecule has 0 spiro atoms. The molecule has 0 atom stereocenters. The molecule has 0 aliphatic heterocycles. The van der Waals surface area contributed by atoms with Crippen molar-refractivity contribution in [3.05, 3.63) is 0 Å². The van der Waals surface area contributed by atoms with Crippen LogP contribution in [0.4, 0.5) is 0 Å². The maximum Gasteiger partial charge on any atom is 0.0829 e. The van der Waals surface area contributed by atoms with Crippen LogP contribution >= 0.6 is 0 Å². The van der Waals surface area contributed by atoms with Crippen LogP contribution in [0.5, 0.6) is 0 Å². The van der Waals surface area contributed by atoms with Crippen LogP contribution in [0, 0.1) is 5.41 Å². The Bertz CT molecular complexity index is 151. The van der Waals surface area contributed by atoms with E-state index >= 15 is 0 Å².